The fourth-order valence-corrected chi connectivity index (χ4v) is 13.4. The molecule has 14 rings (SSSR count). The van der Waals surface area contributed by atoms with Gasteiger partial charge in [-0.15, -0.1) is 0 Å². The first-order valence-electron chi connectivity index (χ1n) is 22.0. The average Bonchev–Trinajstić information content (AvgIpc) is 3.91. The van der Waals surface area contributed by atoms with Crippen LogP contribution in [0.2, 0.25) is 0 Å². The van der Waals surface area contributed by atoms with E-state index in [1.165, 1.54) is 118 Å². The van der Waals surface area contributed by atoms with Gasteiger partial charge in [-0.1, -0.05) is 24.3 Å². The van der Waals surface area contributed by atoms with Gasteiger partial charge in [0.15, 0.2) is 0 Å². The second-order valence-corrected chi connectivity index (χ2v) is 19.3. The Balaban J connectivity index is 0.985. The van der Waals surface area contributed by atoms with Crippen LogP contribution < -0.4 is 0 Å². The Bertz CT molecular complexity index is 4130. The second-order valence-electron chi connectivity index (χ2n) is 17.1. The molecule has 0 aliphatic rings. The summed E-state index contributed by atoms with van der Waals surface area (Å²) in [6.45, 7) is 0. The normalized spacial score (nSPS) is 12.1. The molecule has 0 unspecified atom stereocenters. The summed E-state index contributed by atoms with van der Waals surface area (Å²) in [5.41, 5.74) is 12.0. The first-order valence-corrected chi connectivity index (χ1v) is 23.7. The summed E-state index contributed by atoms with van der Waals surface area (Å²) in [5, 5.41) is 17.6. The van der Waals surface area contributed by atoms with Gasteiger partial charge in [-0.05, 0) is 5.39 Å². The molecule has 12 aromatic carbocycles. The maximum absolute atomic E-state index is 6.47. The third-order valence-electron chi connectivity index (χ3n) is 13.6. The van der Waals surface area contributed by atoms with Gasteiger partial charge >= 0.3 is 347 Å². The maximum atomic E-state index is 6.47. The summed E-state index contributed by atoms with van der Waals surface area (Å²) >= 11 is 0.125. The van der Waals surface area contributed by atoms with Crippen LogP contribution in [0.25, 0.3) is 140 Å². The summed E-state index contributed by atoms with van der Waals surface area (Å²) in [5.74, 6) is 0. The quantitative estimate of drug-likeness (QED) is 0.127. The second kappa shape index (κ2) is 13.9. The molecule has 2 heteroatoms. The Morgan fingerprint density at radius 3 is 1.31 bits per heavy atom. The van der Waals surface area contributed by atoms with Crippen LogP contribution in [0.1, 0.15) is 0 Å². The van der Waals surface area contributed by atoms with Crippen molar-refractivity contribution >= 4 is 110 Å². The molecule has 0 amide bonds. The van der Waals surface area contributed by atoms with Crippen molar-refractivity contribution in [2.24, 2.45) is 0 Å². The number of hydrogen-bond donors (Lipinski definition) is 0. The molecule has 0 radical (unpaired) electrons. The number of hydrogen-bond acceptors (Lipinski definition) is 1. The molecule has 14 aromatic rings. The summed E-state index contributed by atoms with van der Waals surface area (Å²) in [4.78, 5) is 0. The van der Waals surface area contributed by atoms with Crippen molar-refractivity contribution in [1.82, 2.24) is 0 Å². The molecule has 0 spiro atoms. The van der Waals surface area contributed by atoms with Crippen LogP contribution in [0.3, 0.4) is 0 Å². The zero-order chi connectivity index (χ0) is 41.9. The van der Waals surface area contributed by atoms with Gasteiger partial charge in [0.05, 0.1) is 0 Å². The third kappa shape index (κ3) is 5.25. The Morgan fingerprint density at radius 1 is 0.266 bits per heavy atom. The van der Waals surface area contributed by atoms with Gasteiger partial charge in [0.2, 0.25) is 0 Å². The van der Waals surface area contributed by atoms with Crippen molar-refractivity contribution in [3.8, 4) is 44.5 Å². The Kier molecular flexibility index (Phi) is 7.77. The summed E-state index contributed by atoms with van der Waals surface area (Å²) in [6, 6.07) is 81.0. The number of fused-ring (bicyclic) bond motifs is 11. The van der Waals surface area contributed by atoms with E-state index < -0.39 is 0 Å². The number of furan rings is 1. The molecule has 2 aromatic heterocycles. The van der Waals surface area contributed by atoms with E-state index in [0.29, 0.717) is 0 Å². The summed E-state index contributed by atoms with van der Waals surface area (Å²) in [7, 11) is 0. The molecule has 0 saturated carbocycles. The van der Waals surface area contributed by atoms with Crippen LogP contribution in [0.15, 0.2) is 223 Å². The summed E-state index contributed by atoms with van der Waals surface area (Å²) < 4.78 is 9.36. The number of rotatable bonds is 4. The average molecular weight is 876 g/mol. The Labute approximate surface area is 374 Å². The Hall–Kier alpha value is -7.74. The van der Waals surface area contributed by atoms with E-state index in [2.05, 4.69) is 218 Å². The number of benzene rings is 12. The van der Waals surface area contributed by atoms with E-state index in [4.69, 9.17) is 4.42 Å². The molecule has 0 atom stereocenters. The van der Waals surface area contributed by atoms with Crippen LogP contribution in [0.5, 0.6) is 0 Å². The monoisotopic (exact) mass is 876 g/mol. The predicted octanol–water partition coefficient (Wildman–Crippen LogP) is 17.4. The predicted molar refractivity (Wildman–Crippen MR) is 275 cm³/mol. The molecule has 296 valence electrons. The summed E-state index contributed by atoms with van der Waals surface area (Å²) in [6.07, 6.45) is 0. The first-order chi connectivity index (χ1) is 31.7. The molecular formula is C62H36OSe. The van der Waals surface area contributed by atoms with Gasteiger partial charge in [0, 0.05) is 0 Å². The van der Waals surface area contributed by atoms with Crippen LogP contribution in [0, 0.1) is 0 Å². The fourth-order valence-electron chi connectivity index (χ4n) is 10.9. The van der Waals surface area contributed by atoms with E-state index in [1.54, 1.807) is 0 Å². The molecule has 0 saturated heterocycles. The molecule has 1 nitrogen and oxygen atoms in total. The third-order valence-corrected chi connectivity index (χ3v) is 16.2. The topological polar surface area (TPSA) is 13.1 Å². The molecule has 0 bridgehead atoms. The van der Waals surface area contributed by atoms with Gasteiger partial charge < -0.3 is 0 Å². The minimum absolute atomic E-state index is 0.125. The van der Waals surface area contributed by atoms with Crippen molar-refractivity contribution in [2.75, 3.05) is 0 Å². The van der Waals surface area contributed by atoms with E-state index in [9.17, 15) is 0 Å². The first kappa shape index (κ1) is 35.8. The van der Waals surface area contributed by atoms with Crippen LogP contribution in [-0.4, -0.2) is 14.5 Å². The van der Waals surface area contributed by atoms with Crippen LogP contribution >= 0.6 is 0 Å². The van der Waals surface area contributed by atoms with Crippen molar-refractivity contribution in [3.63, 3.8) is 0 Å². The van der Waals surface area contributed by atoms with Crippen LogP contribution in [-0.2, 0) is 0 Å². The van der Waals surface area contributed by atoms with Gasteiger partial charge in [-0.2, -0.15) is 0 Å². The molecule has 2 heterocycles. The molecule has 0 aliphatic carbocycles. The van der Waals surface area contributed by atoms with Gasteiger partial charge in [0.25, 0.3) is 0 Å². The molecule has 0 N–H and O–H groups in total. The van der Waals surface area contributed by atoms with Gasteiger partial charge in [0.1, 0.15) is 0 Å². The zero-order valence-corrected chi connectivity index (χ0v) is 36.3. The fraction of sp³-hybridized carbons (Fsp3) is 0. The van der Waals surface area contributed by atoms with E-state index in [0.717, 1.165) is 21.9 Å². The van der Waals surface area contributed by atoms with Crippen molar-refractivity contribution < 1.29 is 4.42 Å². The minimum atomic E-state index is 0.125. The molecule has 64 heavy (non-hydrogen) atoms. The SMILES string of the molecule is c1ccc(-c2c3ccccc3c(-c3ccc4[se]c5c(-c6c7ccccc7c(-c7ccc8oc9cc%10ccccc%10cc9c8c7)c7ccccc67)cccc5c4c3)c3ccccc23)cc1. The zero-order valence-electron chi connectivity index (χ0n) is 34.6. The van der Waals surface area contributed by atoms with Crippen LogP contribution in [0.4, 0.5) is 0 Å². The molecular weight excluding hydrogens is 840 g/mol. The van der Waals surface area contributed by atoms with Gasteiger partial charge in [-0.25, -0.2) is 0 Å². The Morgan fingerprint density at radius 2 is 0.719 bits per heavy atom. The van der Waals surface area contributed by atoms with E-state index >= 15 is 0 Å². The van der Waals surface area contributed by atoms with Crippen molar-refractivity contribution in [2.45, 2.75) is 0 Å². The van der Waals surface area contributed by atoms with Gasteiger partial charge in [-0.3, -0.25) is 0 Å². The van der Waals surface area contributed by atoms with E-state index in [1.807, 2.05) is 0 Å². The van der Waals surface area contributed by atoms with Crippen molar-refractivity contribution in [3.05, 3.63) is 218 Å². The molecule has 0 aliphatic heterocycles. The standard InChI is InChI=1S/C62H36OSe/c1-2-15-37(16-3-1)58-42-19-6-8-21-44(42)60(45-22-9-7-20-43(45)58)41-30-32-57-54(35-41)50-27-14-28-51(62(50)64-57)61-48-25-12-10-23-46(48)59(47-24-11-13-26-49(47)61)40-29-31-55-52(34-40)53-33-38-17-4-5-18-39(38)36-56(53)63-55/h1-36H. The molecule has 0 fully saturated rings. The van der Waals surface area contributed by atoms with E-state index in [-0.39, 0.29) is 14.5 Å². The van der Waals surface area contributed by atoms with Crippen molar-refractivity contribution in [1.29, 1.82) is 0 Å².